The Kier molecular flexibility index (Phi) is 5.64. The van der Waals surface area contributed by atoms with Crippen molar-refractivity contribution in [2.75, 3.05) is 6.54 Å². The summed E-state index contributed by atoms with van der Waals surface area (Å²) in [4.78, 5) is 26.5. The zero-order chi connectivity index (χ0) is 16.8. The van der Waals surface area contributed by atoms with Crippen LogP contribution in [0.2, 0.25) is 0 Å². The van der Waals surface area contributed by atoms with E-state index in [1.54, 1.807) is 13.0 Å². The van der Waals surface area contributed by atoms with Crippen molar-refractivity contribution in [3.63, 3.8) is 0 Å². The van der Waals surface area contributed by atoms with Gasteiger partial charge in [-0.3, -0.25) is 4.79 Å². The minimum Gasteiger partial charge on any atom is -0.481 e. The highest BCUT2D eigenvalue weighted by atomic mass is 32.1. The van der Waals surface area contributed by atoms with Crippen LogP contribution >= 0.6 is 11.3 Å². The predicted octanol–water partition coefficient (Wildman–Crippen LogP) is 2.11. The van der Waals surface area contributed by atoms with Crippen molar-refractivity contribution in [3.8, 4) is 5.75 Å². The molecule has 2 aromatic rings. The summed E-state index contributed by atoms with van der Waals surface area (Å²) in [5.74, 6) is -1.58. The topological polar surface area (TPSA) is 88.5 Å². The van der Waals surface area contributed by atoms with E-state index >= 15 is 0 Å². The van der Waals surface area contributed by atoms with E-state index in [4.69, 9.17) is 9.84 Å². The third kappa shape index (κ3) is 5.03. The van der Waals surface area contributed by atoms with Gasteiger partial charge in [-0.2, -0.15) is 0 Å². The Morgan fingerprint density at radius 2 is 2.26 bits per heavy atom. The molecule has 6 nitrogen and oxygen atoms in total. The largest absolute Gasteiger partial charge is 0.481 e. The number of aromatic carboxylic acids is 1. The quantitative estimate of drug-likeness (QED) is 0.807. The first-order chi connectivity index (χ1) is 11.0. The van der Waals surface area contributed by atoms with Gasteiger partial charge in [-0.05, 0) is 19.1 Å². The molecule has 1 amide bonds. The van der Waals surface area contributed by atoms with Crippen molar-refractivity contribution in [2.45, 2.75) is 19.4 Å². The first kappa shape index (κ1) is 16.9. The smallest absolute Gasteiger partial charge is 0.355 e. The second-order valence-electron chi connectivity index (χ2n) is 4.69. The van der Waals surface area contributed by atoms with Crippen LogP contribution in [-0.2, 0) is 11.2 Å². The maximum Gasteiger partial charge on any atom is 0.355 e. The fourth-order valence-electron chi connectivity index (χ4n) is 1.76. The number of benzene rings is 1. The van der Waals surface area contributed by atoms with Gasteiger partial charge >= 0.3 is 5.97 Å². The standard InChI is InChI=1S/C15H15FN2O4S/c1-9(22-11-4-2-3-10(16)7-11)14(19)17-6-5-13-18-12(8-23-13)15(20)21/h2-4,7-9H,5-6H2,1H3,(H,17,19)(H,20,21). The molecule has 0 aliphatic rings. The molecule has 0 saturated carbocycles. The molecule has 0 aliphatic carbocycles. The van der Waals surface area contributed by atoms with Gasteiger partial charge in [-0.25, -0.2) is 14.2 Å². The van der Waals surface area contributed by atoms with E-state index in [1.165, 1.54) is 34.9 Å². The molecular formula is C15H15FN2O4S. The lowest BCUT2D eigenvalue weighted by Gasteiger charge is -2.14. The van der Waals surface area contributed by atoms with Crippen LogP contribution in [0.15, 0.2) is 29.6 Å². The molecule has 1 heterocycles. The van der Waals surface area contributed by atoms with E-state index in [0.717, 1.165) is 0 Å². The number of aromatic nitrogens is 1. The maximum absolute atomic E-state index is 13.0. The van der Waals surface area contributed by atoms with Gasteiger partial charge < -0.3 is 15.2 Å². The van der Waals surface area contributed by atoms with Crippen LogP contribution < -0.4 is 10.1 Å². The first-order valence-electron chi connectivity index (χ1n) is 6.83. The highest BCUT2D eigenvalue weighted by molar-refractivity contribution is 7.09. The van der Waals surface area contributed by atoms with E-state index in [2.05, 4.69) is 10.3 Å². The van der Waals surface area contributed by atoms with Crippen LogP contribution in [0.4, 0.5) is 4.39 Å². The summed E-state index contributed by atoms with van der Waals surface area (Å²) < 4.78 is 18.4. The lowest BCUT2D eigenvalue weighted by molar-refractivity contribution is -0.127. The lowest BCUT2D eigenvalue weighted by Crippen LogP contribution is -2.37. The number of rotatable bonds is 7. The zero-order valence-corrected chi connectivity index (χ0v) is 13.1. The summed E-state index contributed by atoms with van der Waals surface area (Å²) in [6.07, 6.45) is -0.348. The van der Waals surface area contributed by atoms with Crippen LogP contribution in [0.5, 0.6) is 5.75 Å². The number of ether oxygens (including phenoxy) is 1. The van der Waals surface area contributed by atoms with Gasteiger partial charge in [0.2, 0.25) is 0 Å². The van der Waals surface area contributed by atoms with E-state index in [1.807, 2.05) is 0 Å². The average Bonchev–Trinajstić information content (AvgIpc) is 2.96. The molecule has 8 heteroatoms. The third-order valence-electron chi connectivity index (χ3n) is 2.89. The number of carboxylic acids is 1. The molecule has 1 atom stereocenters. The van der Waals surface area contributed by atoms with E-state index in [9.17, 15) is 14.0 Å². The average molecular weight is 338 g/mol. The molecule has 1 aromatic carbocycles. The number of amides is 1. The second kappa shape index (κ2) is 7.68. The minimum absolute atomic E-state index is 0.000804. The Bertz CT molecular complexity index is 704. The molecular weight excluding hydrogens is 323 g/mol. The molecule has 2 N–H and O–H groups in total. The van der Waals surface area contributed by atoms with E-state index < -0.39 is 17.9 Å². The molecule has 122 valence electrons. The summed E-state index contributed by atoms with van der Waals surface area (Å²) in [5.41, 5.74) is -0.000804. The first-order valence-corrected chi connectivity index (χ1v) is 7.71. The van der Waals surface area contributed by atoms with Gasteiger partial charge in [0, 0.05) is 24.4 Å². The Labute approximate surface area is 135 Å². The number of thiazole rings is 1. The van der Waals surface area contributed by atoms with Gasteiger partial charge in [0.05, 0.1) is 5.01 Å². The summed E-state index contributed by atoms with van der Waals surface area (Å²) in [7, 11) is 0. The van der Waals surface area contributed by atoms with Gasteiger partial charge in [0.15, 0.2) is 11.8 Å². The Morgan fingerprint density at radius 3 is 2.91 bits per heavy atom. The summed E-state index contributed by atoms with van der Waals surface area (Å²) in [6.45, 7) is 1.87. The van der Waals surface area contributed by atoms with Crippen LogP contribution in [0.25, 0.3) is 0 Å². The number of hydrogen-bond donors (Lipinski definition) is 2. The van der Waals surface area contributed by atoms with Crippen molar-refractivity contribution in [3.05, 3.63) is 46.2 Å². The molecule has 0 bridgehead atoms. The van der Waals surface area contributed by atoms with Crippen LogP contribution in [-0.4, -0.2) is 34.6 Å². The van der Waals surface area contributed by atoms with Crippen molar-refractivity contribution >= 4 is 23.2 Å². The molecule has 0 saturated heterocycles. The van der Waals surface area contributed by atoms with Crippen LogP contribution in [0.1, 0.15) is 22.4 Å². The number of carboxylic acid groups (broad SMARTS) is 1. The SMILES string of the molecule is CC(Oc1cccc(F)c1)C(=O)NCCc1nc(C(=O)O)cs1. The predicted molar refractivity (Wildman–Crippen MR) is 82.3 cm³/mol. The molecule has 0 spiro atoms. The van der Waals surface area contributed by atoms with E-state index in [0.29, 0.717) is 18.0 Å². The monoisotopic (exact) mass is 338 g/mol. The zero-order valence-electron chi connectivity index (χ0n) is 12.3. The molecule has 1 aromatic heterocycles. The number of halogens is 1. The summed E-state index contributed by atoms with van der Waals surface area (Å²) in [5, 5.41) is 13.5. The van der Waals surface area contributed by atoms with E-state index in [-0.39, 0.29) is 17.4 Å². The lowest BCUT2D eigenvalue weighted by atomic mass is 10.3. The Hall–Kier alpha value is -2.48. The fraction of sp³-hybridized carbons (Fsp3) is 0.267. The normalized spacial score (nSPS) is 11.7. The minimum atomic E-state index is -1.08. The van der Waals surface area contributed by atoms with Crippen molar-refractivity contribution < 1.29 is 23.8 Å². The van der Waals surface area contributed by atoms with Crippen LogP contribution in [0, 0.1) is 5.82 Å². The number of carbonyl (C=O) groups is 2. The molecule has 2 rings (SSSR count). The maximum atomic E-state index is 13.0. The van der Waals surface area contributed by atoms with Crippen molar-refractivity contribution in [1.29, 1.82) is 0 Å². The summed E-state index contributed by atoms with van der Waals surface area (Å²) in [6, 6.07) is 5.55. The van der Waals surface area contributed by atoms with Crippen LogP contribution in [0.3, 0.4) is 0 Å². The molecule has 1 unspecified atom stereocenters. The van der Waals surface area contributed by atoms with Gasteiger partial charge in [-0.1, -0.05) is 6.07 Å². The van der Waals surface area contributed by atoms with Crippen molar-refractivity contribution in [1.82, 2.24) is 10.3 Å². The number of nitrogens with zero attached hydrogens (tertiary/aromatic N) is 1. The molecule has 0 radical (unpaired) electrons. The number of carbonyl (C=O) groups excluding carboxylic acids is 1. The molecule has 0 fully saturated rings. The molecule has 0 aliphatic heterocycles. The highest BCUT2D eigenvalue weighted by Gasteiger charge is 2.15. The molecule has 23 heavy (non-hydrogen) atoms. The van der Waals surface area contributed by atoms with Gasteiger partial charge in [0.25, 0.3) is 5.91 Å². The number of hydrogen-bond acceptors (Lipinski definition) is 5. The Balaban J connectivity index is 1.78. The second-order valence-corrected chi connectivity index (χ2v) is 5.63. The third-order valence-corrected chi connectivity index (χ3v) is 3.80. The fourth-order valence-corrected chi connectivity index (χ4v) is 2.53. The van der Waals surface area contributed by atoms with Gasteiger partial charge in [0.1, 0.15) is 11.6 Å². The Morgan fingerprint density at radius 1 is 1.48 bits per heavy atom. The van der Waals surface area contributed by atoms with Crippen molar-refractivity contribution in [2.24, 2.45) is 0 Å². The number of nitrogens with one attached hydrogen (secondary N) is 1. The highest BCUT2D eigenvalue weighted by Crippen LogP contribution is 2.14. The van der Waals surface area contributed by atoms with Gasteiger partial charge in [-0.15, -0.1) is 11.3 Å². The summed E-state index contributed by atoms with van der Waals surface area (Å²) >= 11 is 1.23.